The summed E-state index contributed by atoms with van der Waals surface area (Å²) in [6, 6.07) is 2.07. The number of hydrogen-bond acceptors (Lipinski definition) is 3. The molecule has 0 fully saturated rings. The first-order valence-electron chi connectivity index (χ1n) is 3.98. The zero-order valence-electron chi connectivity index (χ0n) is 7.63. The molecule has 1 aromatic carbocycles. The molecule has 0 heterocycles. The van der Waals surface area contributed by atoms with Crippen LogP contribution in [0.2, 0.25) is 5.02 Å². The number of aromatic hydroxyl groups is 1. The van der Waals surface area contributed by atoms with Crippen LogP contribution in [0.1, 0.15) is 11.6 Å². The zero-order valence-corrected chi connectivity index (χ0v) is 8.38. The van der Waals surface area contributed by atoms with E-state index in [4.69, 9.17) is 22.1 Å². The van der Waals surface area contributed by atoms with E-state index in [-0.39, 0.29) is 16.3 Å². The second-order valence-electron chi connectivity index (χ2n) is 2.77. The van der Waals surface area contributed by atoms with Crippen LogP contribution in [0.25, 0.3) is 0 Å². The lowest BCUT2D eigenvalue weighted by Gasteiger charge is -2.15. The summed E-state index contributed by atoms with van der Waals surface area (Å²) in [7, 11) is 1.41. The Bertz CT molecular complexity index is 333. The van der Waals surface area contributed by atoms with Gasteiger partial charge < -0.3 is 15.6 Å². The van der Waals surface area contributed by atoms with Crippen LogP contribution < -0.4 is 10.5 Å². The lowest BCUT2D eigenvalue weighted by Crippen LogP contribution is -2.13. The van der Waals surface area contributed by atoms with Crippen LogP contribution in [0.5, 0.6) is 11.5 Å². The molecule has 0 amide bonds. The van der Waals surface area contributed by atoms with Gasteiger partial charge in [0.1, 0.15) is 18.2 Å². The Morgan fingerprint density at radius 2 is 2.29 bits per heavy atom. The second-order valence-corrected chi connectivity index (χ2v) is 3.18. The molecule has 0 saturated carbocycles. The molecule has 78 valence electrons. The topological polar surface area (TPSA) is 55.5 Å². The quantitative estimate of drug-likeness (QED) is 0.818. The lowest BCUT2D eigenvalue weighted by atomic mass is 10.1. The average Bonchev–Trinajstić information content (AvgIpc) is 2.20. The van der Waals surface area contributed by atoms with E-state index >= 15 is 0 Å². The van der Waals surface area contributed by atoms with Gasteiger partial charge in [0, 0.05) is 0 Å². The maximum atomic E-state index is 12.4. The molecule has 0 aliphatic heterocycles. The molecule has 0 aromatic heterocycles. The number of benzene rings is 1. The third-order valence-electron chi connectivity index (χ3n) is 1.88. The van der Waals surface area contributed by atoms with Crippen molar-refractivity contribution < 1.29 is 14.2 Å². The number of phenols is 1. The smallest absolute Gasteiger partial charge is 0.142 e. The number of phenolic OH excluding ortho intramolecular Hbond substituents is 1. The molecule has 0 aliphatic carbocycles. The Balaban J connectivity index is 3.27. The minimum Gasteiger partial charge on any atom is -0.506 e. The molecule has 0 bridgehead atoms. The summed E-state index contributed by atoms with van der Waals surface area (Å²) in [4.78, 5) is 0. The van der Waals surface area contributed by atoms with E-state index in [1.165, 1.54) is 19.2 Å². The first-order chi connectivity index (χ1) is 6.61. The van der Waals surface area contributed by atoms with Gasteiger partial charge in [-0.3, -0.25) is 0 Å². The minimum atomic E-state index is -0.927. The molecule has 5 heteroatoms. The Morgan fingerprint density at radius 1 is 1.64 bits per heavy atom. The summed E-state index contributed by atoms with van der Waals surface area (Å²) in [5.74, 6) is 0.105. The van der Waals surface area contributed by atoms with Crippen LogP contribution >= 0.6 is 11.6 Å². The molecule has 1 rings (SSSR count). The number of hydrogen-bond donors (Lipinski definition) is 2. The van der Waals surface area contributed by atoms with Crippen molar-refractivity contribution in [1.29, 1.82) is 0 Å². The van der Waals surface area contributed by atoms with E-state index in [2.05, 4.69) is 0 Å². The third kappa shape index (κ3) is 1.91. The van der Waals surface area contributed by atoms with Crippen LogP contribution in [-0.2, 0) is 0 Å². The molecular formula is C9H11ClFNO2. The lowest BCUT2D eigenvalue weighted by molar-refractivity contribution is 0.374. The molecule has 0 aliphatic rings. The van der Waals surface area contributed by atoms with E-state index in [1.807, 2.05) is 0 Å². The highest BCUT2D eigenvalue weighted by Gasteiger charge is 2.18. The first kappa shape index (κ1) is 11.1. The maximum absolute atomic E-state index is 12.4. The van der Waals surface area contributed by atoms with E-state index in [0.717, 1.165) is 0 Å². The van der Waals surface area contributed by atoms with Gasteiger partial charge in [0.05, 0.1) is 23.7 Å². The fraction of sp³-hybridized carbons (Fsp3) is 0.333. The molecule has 0 unspecified atom stereocenters. The van der Waals surface area contributed by atoms with E-state index in [1.54, 1.807) is 0 Å². The molecule has 3 N–H and O–H groups in total. The number of methoxy groups -OCH3 is 1. The second kappa shape index (κ2) is 4.48. The predicted octanol–water partition coefficient (Wildman–Crippen LogP) is 2.02. The van der Waals surface area contributed by atoms with Crippen LogP contribution in [0.4, 0.5) is 4.39 Å². The van der Waals surface area contributed by atoms with Gasteiger partial charge in [-0.25, -0.2) is 4.39 Å². The van der Waals surface area contributed by atoms with Gasteiger partial charge in [-0.15, -0.1) is 0 Å². The Morgan fingerprint density at radius 3 is 2.79 bits per heavy atom. The average molecular weight is 220 g/mol. The van der Waals surface area contributed by atoms with Crippen molar-refractivity contribution in [2.75, 3.05) is 13.8 Å². The van der Waals surface area contributed by atoms with Crippen molar-refractivity contribution in [1.82, 2.24) is 0 Å². The molecule has 1 atom stereocenters. The molecular weight excluding hydrogens is 209 g/mol. The Hall–Kier alpha value is -1.00. The summed E-state index contributed by atoms with van der Waals surface area (Å²) < 4.78 is 17.3. The fourth-order valence-corrected chi connectivity index (χ4v) is 1.34. The van der Waals surface area contributed by atoms with Crippen molar-refractivity contribution in [3.05, 3.63) is 22.7 Å². The van der Waals surface area contributed by atoms with Gasteiger partial charge in [-0.1, -0.05) is 11.6 Å². The zero-order chi connectivity index (χ0) is 10.7. The third-order valence-corrected chi connectivity index (χ3v) is 2.19. The van der Waals surface area contributed by atoms with Gasteiger partial charge in [0.25, 0.3) is 0 Å². The summed E-state index contributed by atoms with van der Waals surface area (Å²) in [5, 5.41) is 9.68. The first-order valence-corrected chi connectivity index (χ1v) is 4.36. The van der Waals surface area contributed by atoms with Crippen LogP contribution in [0, 0.1) is 0 Å². The molecule has 1 aromatic rings. The highest BCUT2D eigenvalue weighted by molar-refractivity contribution is 6.32. The van der Waals surface area contributed by atoms with Gasteiger partial charge >= 0.3 is 0 Å². The van der Waals surface area contributed by atoms with Crippen molar-refractivity contribution in [2.24, 2.45) is 5.73 Å². The molecule has 14 heavy (non-hydrogen) atoms. The number of halogens is 2. The summed E-state index contributed by atoms with van der Waals surface area (Å²) in [5.41, 5.74) is 5.66. The van der Waals surface area contributed by atoms with Gasteiger partial charge in [-0.05, 0) is 12.1 Å². The number of rotatable bonds is 3. The Kier molecular flexibility index (Phi) is 3.55. The largest absolute Gasteiger partial charge is 0.506 e. The molecule has 0 radical (unpaired) electrons. The van der Waals surface area contributed by atoms with Crippen molar-refractivity contribution in [3.8, 4) is 11.5 Å². The van der Waals surface area contributed by atoms with E-state index in [9.17, 15) is 9.50 Å². The summed E-state index contributed by atoms with van der Waals surface area (Å²) in [6.07, 6.45) is 0. The van der Waals surface area contributed by atoms with Crippen molar-refractivity contribution in [2.45, 2.75) is 6.04 Å². The van der Waals surface area contributed by atoms with Gasteiger partial charge in [0.15, 0.2) is 0 Å². The number of ether oxygens (including phenoxy) is 1. The monoisotopic (exact) mass is 219 g/mol. The SMILES string of the molecule is COc1ccc(Cl)c(O)c1[C@@H](N)CF. The van der Waals surface area contributed by atoms with Crippen LogP contribution in [0.15, 0.2) is 12.1 Å². The molecule has 0 saturated heterocycles. The highest BCUT2D eigenvalue weighted by Crippen LogP contribution is 2.37. The van der Waals surface area contributed by atoms with Crippen molar-refractivity contribution >= 4 is 11.6 Å². The maximum Gasteiger partial charge on any atom is 0.142 e. The predicted molar refractivity (Wildman–Crippen MR) is 52.6 cm³/mol. The van der Waals surface area contributed by atoms with Crippen LogP contribution in [-0.4, -0.2) is 18.9 Å². The minimum absolute atomic E-state index is 0.129. The molecule has 0 spiro atoms. The van der Waals surface area contributed by atoms with E-state index in [0.29, 0.717) is 5.75 Å². The normalized spacial score (nSPS) is 12.6. The number of alkyl halides is 1. The van der Waals surface area contributed by atoms with Crippen molar-refractivity contribution in [3.63, 3.8) is 0 Å². The van der Waals surface area contributed by atoms with E-state index < -0.39 is 12.7 Å². The highest BCUT2D eigenvalue weighted by atomic mass is 35.5. The standard InChI is InChI=1S/C9H11ClFNO2/c1-14-7-3-2-5(10)9(13)8(7)6(12)4-11/h2-3,6,13H,4,12H2,1H3/t6-/m0/s1. The number of nitrogens with two attached hydrogens (primary N) is 1. The summed E-state index contributed by atoms with van der Waals surface area (Å²) >= 11 is 5.66. The van der Waals surface area contributed by atoms with Gasteiger partial charge in [0.2, 0.25) is 0 Å². The molecule has 3 nitrogen and oxygen atoms in total. The fourth-order valence-electron chi connectivity index (χ4n) is 1.18. The summed E-state index contributed by atoms with van der Waals surface area (Å²) in [6.45, 7) is -0.787. The van der Waals surface area contributed by atoms with Gasteiger partial charge in [-0.2, -0.15) is 0 Å². The Labute approximate surface area is 86.2 Å². The van der Waals surface area contributed by atoms with Crippen LogP contribution in [0.3, 0.4) is 0 Å².